The van der Waals surface area contributed by atoms with Crippen LogP contribution in [0.4, 0.5) is 0 Å². The van der Waals surface area contributed by atoms with Gasteiger partial charge in [-0.25, -0.2) is 0 Å². The van der Waals surface area contributed by atoms with Crippen LogP contribution in [0.15, 0.2) is 40.9 Å². The van der Waals surface area contributed by atoms with Crippen molar-refractivity contribution in [3.05, 3.63) is 67.1 Å². The molecule has 0 amide bonds. The minimum absolute atomic E-state index is 0.0531. The second kappa shape index (κ2) is 7.85. The Balaban J connectivity index is 2.38. The zero-order valence-electron chi connectivity index (χ0n) is 11.5. The monoisotopic (exact) mass is 405 g/mol. The zero-order valence-corrected chi connectivity index (χ0v) is 15.3. The molecule has 5 heteroatoms. The second-order valence-electron chi connectivity index (χ2n) is 4.66. The average molecular weight is 408 g/mol. The summed E-state index contributed by atoms with van der Waals surface area (Å²) in [5, 5.41) is 5.52. The first-order valence-corrected chi connectivity index (χ1v) is 8.57. The zero-order chi connectivity index (χ0) is 15.4. The normalized spacial score (nSPS) is 12.4. The van der Waals surface area contributed by atoms with E-state index < -0.39 is 0 Å². The maximum atomic E-state index is 6.42. The molecule has 21 heavy (non-hydrogen) atoms. The number of rotatable bonds is 5. The molecule has 0 saturated carbocycles. The smallest absolute Gasteiger partial charge is 0.0595 e. The largest absolute Gasteiger partial charge is 0.310 e. The van der Waals surface area contributed by atoms with E-state index >= 15 is 0 Å². The van der Waals surface area contributed by atoms with Gasteiger partial charge in [-0.15, -0.1) is 0 Å². The van der Waals surface area contributed by atoms with Crippen molar-refractivity contribution < 1.29 is 0 Å². The lowest BCUT2D eigenvalue weighted by atomic mass is 9.98. The molecule has 0 bridgehead atoms. The lowest BCUT2D eigenvalue weighted by Crippen LogP contribution is -2.23. The SMILES string of the molecule is CCNC(Cc1c(Cl)cccc1Cl)c1cccc(Br)c1Cl. The third-order valence-electron chi connectivity index (χ3n) is 3.28. The van der Waals surface area contributed by atoms with E-state index in [0.29, 0.717) is 21.5 Å². The summed E-state index contributed by atoms with van der Waals surface area (Å²) in [6.07, 6.45) is 0.683. The van der Waals surface area contributed by atoms with E-state index in [4.69, 9.17) is 34.8 Å². The molecule has 0 saturated heterocycles. The van der Waals surface area contributed by atoms with Gasteiger partial charge in [0.25, 0.3) is 0 Å². The first-order chi connectivity index (χ1) is 10.0. The lowest BCUT2D eigenvalue weighted by Gasteiger charge is -2.21. The fourth-order valence-corrected chi connectivity index (χ4v) is 3.45. The molecule has 0 heterocycles. The Bertz CT molecular complexity index is 611. The van der Waals surface area contributed by atoms with Crippen LogP contribution in [-0.2, 0) is 6.42 Å². The van der Waals surface area contributed by atoms with Crippen LogP contribution in [0.5, 0.6) is 0 Å². The van der Waals surface area contributed by atoms with E-state index in [0.717, 1.165) is 22.1 Å². The van der Waals surface area contributed by atoms with Gasteiger partial charge in [0.2, 0.25) is 0 Å². The van der Waals surface area contributed by atoms with E-state index in [-0.39, 0.29) is 6.04 Å². The van der Waals surface area contributed by atoms with Crippen LogP contribution in [0.2, 0.25) is 15.1 Å². The standard InChI is InChI=1S/C16H15BrCl3N/c1-2-21-15(10-5-3-6-12(17)16(10)20)9-11-13(18)7-4-8-14(11)19/h3-8,15,21H,2,9H2,1H3. The van der Waals surface area contributed by atoms with Crippen LogP contribution in [-0.4, -0.2) is 6.54 Å². The Morgan fingerprint density at radius 2 is 1.67 bits per heavy atom. The predicted octanol–water partition coefficient (Wildman–Crippen LogP) is 6.30. The first kappa shape index (κ1) is 17.1. The number of halogens is 4. The molecule has 112 valence electrons. The second-order valence-corrected chi connectivity index (χ2v) is 6.70. The third kappa shape index (κ3) is 4.14. The number of nitrogens with one attached hydrogen (secondary N) is 1. The van der Waals surface area contributed by atoms with Gasteiger partial charge in [0.05, 0.1) is 5.02 Å². The lowest BCUT2D eigenvalue weighted by molar-refractivity contribution is 0.550. The highest BCUT2D eigenvalue weighted by Gasteiger charge is 2.18. The topological polar surface area (TPSA) is 12.0 Å². The summed E-state index contributed by atoms with van der Waals surface area (Å²) in [7, 11) is 0. The number of hydrogen-bond acceptors (Lipinski definition) is 1. The maximum absolute atomic E-state index is 6.42. The molecular weight excluding hydrogens is 392 g/mol. The summed E-state index contributed by atoms with van der Waals surface area (Å²) in [5.74, 6) is 0. The molecule has 0 aliphatic rings. The molecule has 1 nitrogen and oxygen atoms in total. The van der Waals surface area contributed by atoms with Crippen molar-refractivity contribution in [2.75, 3.05) is 6.54 Å². The highest BCUT2D eigenvalue weighted by atomic mass is 79.9. The van der Waals surface area contributed by atoms with E-state index in [9.17, 15) is 0 Å². The molecule has 0 spiro atoms. The van der Waals surface area contributed by atoms with Crippen molar-refractivity contribution in [3.8, 4) is 0 Å². The molecule has 0 radical (unpaired) electrons. The molecule has 2 rings (SSSR count). The van der Waals surface area contributed by atoms with Gasteiger partial charge in [-0.05, 0) is 58.2 Å². The van der Waals surface area contributed by atoms with Crippen molar-refractivity contribution in [1.82, 2.24) is 5.32 Å². The molecule has 0 aliphatic heterocycles. The van der Waals surface area contributed by atoms with Crippen LogP contribution in [0, 0.1) is 0 Å². The fraction of sp³-hybridized carbons (Fsp3) is 0.250. The summed E-state index contributed by atoms with van der Waals surface area (Å²) in [5.41, 5.74) is 1.96. The number of likely N-dealkylation sites (N-methyl/N-ethyl adjacent to an activating group) is 1. The van der Waals surface area contributed by atoms with E-state index in [1.807, 2.05) is 36.4 Å². The van der Waals surface area contributed by atoms with Crippen LogP contribution in [0.3, 0.4) is 0 Å². The Hall–Kier alpha value is -0.250. The van der Waals surface area contributed by atoms with Crippen LogP contribution in [0.1, 0.15) is 24.1 Å². The van der Waals surface area contributed by atoms with E-state index in [1.165, 1.54) is 0 Å². The Morgan fingerprint density at radius 1 is 1.05 bits per heavy atom. The van der Waals surface area contributed by atoms with Gasteiger partial charge in [0.1, 0.15) is 0 Å². The molecular formula is C16H15BrCl3N. The van der Waals surface area contributed by atoms with Crippen molar-refractivity contribution >= 4 is 50.7 Å². The van der Waals surface area contributed by atoms with Gasteiger partial charge in [-0.2, -0.15) is 0 Å². The molecule has 0 fully saturated rings. The minimum atomic E-state index is 0.0531. The fourth-order valence-electron chi connectivity index (χ4n) is 2.26. The third-order valence-corrected chi connectivity index (χ3v) is 5.30. The van der Waals surface area contributed by atoms with Gasteiger partial charge in [0.15, 0.2) is 0 Å². The van der Waals surface area contributed by atoms with Crippen LogP contribution < -0.4 is 5.32 Å². The van der Waals surface area contributed by atoms with Gasteiger partial charge in [-0.1, -0.05) is 59.9 Å². The Morgan fingerprint density at radius 3 is 2.29 bits per heavy atom. The molecule has 0 aromatic heterocycles. The summed E-state index contributed by atoms with van der Waals surface area (Å²) >= 11 is 22.4. The highest BCUT2D eigenvalue weighted by Crippen LogP contribution is 2.34. The average Bonchev–Trinajstić information content (AvgIpc) is 2.45. The van der Waals surface area contributed by atoms with Crippen molar-refractivity contribution in [3.63, 3.8) is 0 Å². The molecule has 1 unspecified atom stereocenters. The first-order valence-electron chi connectivity index (χ1n) is 6.64. The maximum Gasteiger partial charge on any atom is 0.0595 e. The molecule has 0 aliphatic carbocycles. The van der Waals surface area contributed by atoms with Gasteiger partial charge in [-0.3, -0.25) is 0 Å². The molecule has 2 aromatic rings. The van der Waals surface area contributed by atoms with E-state index in [2.05, 4.69) is 28.2 Å². The van der Waals surface area contributed by atoms with E-state index in [1.54, 1.807) is 0 Å². The van der Waals surface area contributed by atoms with Crippen molar-refractivity contribution in [2.24, 2.45) is 0 Å². The molecule has 2 aromatic carbocycles. The minimum Gasteiger partial charge on any atom is -0.310 e. The number of hydrogen-bond donors (Lipinski definition) is 1. The van der Waals surface area contributed by atoms with Gasteiger partial charge < -0.3 is 5.32 Å². The van der Waals surface area contributed by atoms with Crippen LogP contribution in [0.25, 0.3) is 0 Å². The summed E-state index contributed by atoms with van der Waals surface area (Å²) in [4.78, 5) is 0. The molecule has 1 atom stereocenters. The summed E-state index contributed by atoms with van der Waals surface area (Å²) < 4.78 is 0.884. The summed E-state index contributed by atoms with van der Waals surface area (Å²) in [6.45, 7) is 2.89. The Kier molecular flexibility index (Phi) is 6.39. The molecule has 1 N–H and O–H groups in total. The highest BCUT2D eigenvalue weighted by molar-refractivity contribution is 9.10. The van der Waals surface area contributed by atoms with Gasteiger partial charge in [0, 0.05) is 20.6 Å². The Labute approximate surface area is 148 Å². The predicted molar refractivity (Wildman–Crippen MR) is 95.7 cm³/mol. The van der Waals surface area contributed by atoms with Gasteiger partial charge >= 0.3 is 0 Å². The number of benzene rings is 2. The quantitative estimate of drug-likeness (QED) is 0.613. The van der Waals surface area contributed by atoms with Crippen LogP contribution >= 0.6 is 50.7 Å². The van der Waals surface area contributed by atoms with Crippen molar-refractivity contribution in [1.29, 1.82) is 0 Å². The summed E-state index contributed by atoms with van der Waals surface area (Å²) in [6, 6.07) is 11.5. The van der Waals surface area contributed by atoms with Crippen molar-refractivity contribution in [2.45, 2.75) is 19.4 Å².